The van der Waals surface area contributed by atoms with Crippen LogP contribution in [0.15, 0.2) is 0 Å². The van der Waals surface area contributed by atoms with Gasteiger partial charge in [-0.25, -0.2) is 0 Å². The van der Waals surface area contributed by atoms with Crippen LogP contribution in [0.2, 0.25) is 0 Å². The minimum absolute atomic E-state index is 0. The Hall–Kier alpha value is -1.66. The Balaban J connectivity index is -0.000000490. The molecule has 2 N–H and O–H groups in total. The molecule has 0 spiro atoms. The number of carbonyl (C=O) groups is 4. The van der Waals surface area contributed by atoms with E-state index < -0.39 is 23.9 Å². The molecule has 0 heterocycles. The number of aliphatic carboxylic acids is 2. The van der Waals surface area contributed by atoms with Gasteiger partial charge < -0.3 is 38.6 Å². The fourth-order valence-corrected chi connectivity index (χ4v) is 1.48. The third kappa shape index (κ3) is 33.2. The van der Waals surface area contributed by atoms with Gasteiger partial charge in [-0.05, 0) is 0 Å². The summed E-state index contributed by atoms with van der Waals surface area (Å²) in [7, 11) is 3.13. The maximum Gasteiger partial charge on any atom is 0.306 e. The molecule has 0 bridgehead atoms. The van der Waals surface area contributed by atoms with Crippen molar-refractivity contribution < 1.29 is 77.3 Å². The summed E-state index contributed by atoms with van der Waals surface area (Å²) in [4.78, 5) is 42.0. The van der Waals surface area contributed by atoms with E-state index in [0.717, 1.165) is 0 Å². The predicted octanol–water partition coefficient (Wildman–Crippen LogP) is 0.112. The van der Waals surface area contributed by atoms with Gasteiger partial charge in [0.05, 0.1) is 65.3 Å². The molecule has 0 aromatic heterocycles. The Morgan fingerprint density at radius 1 is 0.548 bits per heavy atom. The Kier molecular flexibility index (Phi) is 28.9. The Bertz CT molecular complexity index is 430. The molecule has 0 aliphatic carbocycles. The van der Waals surface area contributed by atoms with E-state index in [2.05, 4.69) is 0 Å². The molecule has 178 valence electrons. The number of hydrogen-bond acceptors (Lipinski definition) is 10. The Morgan fingerprint density at radius 2 is 0.871 bits per heavy atom. The fourth-order valence-electron chi connectivity index (χ4n) is 1.48. The molecule has 0 atom stereocenters. The van der Waals surface area contributed by atoms with Gasteiger partial charge >= 0.3 is 23.9 Å². The smallest absolute Gasteiger partial charge is 0.306 e. The summed E-state index contributed by atoms with van der Waals surface area (Å²) >= 11 is 0. The average molecular weight is 506 g/mol. The van der Waals surface area contributed by atoms with E-state index in [1.54, 1.807) is 14.2 Å². The van der Waals surface area contributed by atoms with Crippen molar-refractivity contribution in [1.82, 2.24) is 0 Å². The van der Waals surface area contributed by atoms with Gasteiger partial charge in [-0.3, -0.25) is 19.2 Å². The normalized spacial score (nSPS) is 9.61. The average Bonchev–Trinajstić information content (AvgIpc) is 2.70. The summed E-state index contributed by atoms with van der Waals surface area (Å²) in [5.41, 5.74) is 0. The van der Waals surface area contributed by atoms with Crippen molar-refractivity contribution in [3.63, 3.8) is 0 Å². The molecule has 0 aliphatic heterocycles. The van der Waals surface area contributed by atoms with Crippen LogP contribution in [-0.4, -0.2) is 101 Å². The van der Waals surface area contributed by atoms with E-state index in [1.807, 2.05) is 0 Å². The van der Waals surface area contributed by atoms with Crippen LogP contribution in [0.25, 0.3) is 0 Å². The molecule has 12 nitrogen and oxygen atoms in total. The second kappa shape index (κ2) is 26.4. The zero-order chi connectivity index (χ0) is 23.0. The van der Waals surface area contributed by atoms with Gasteiger partial charge in [0, 0.05) is 33.7 Å². The van der Waals surface area contributed by atoms with E-state index in [-0.39, 0.29) is 58.4 Å². The molecule has 0 saturated heterocycles. The summed E-state index contributed by atoms with van der Waals surface area (Å²) in [6.45, 7) is 2.75. The van der Waals surface area contributed by atoms with Crippen molar-refractivity contribution in [2.24, 2.45) is 0 Å². The summed E-state index contributed by atoms with van der Waals surface area (Å²) in [6.07, 6.45) is -0.618. The second-order valence-electron chi connectivity index (χ2n) is 5.44. The number of carboxylic acid groups (broad SMARTS) is 2. The molecular weight excluding hydrogens is 474 g/mol. The molecule has 0 fully saturated rings. The fraction of sp³-hybridized carbons (Fsp3) is 0.778. The SMILES string of the molecule is COCCOCCOC(=O)CCC(=O)O.COCCOCCOC(=O)CCC(=O)O.[Zn]. The minimum atomic E-state index is -1.01. The molecule has 0 aromatic rings. The summed E-state index contributed by atoms with van der Waals surface area (Å²) in [5, 5.41) is 16.6. The number of carbonyl (C=O) groups excluding carboxylic acids is 2. The topological polar surface area (TPSA) is 164 Å². The van der Waals surface area contributed by atoms with Gasteiger partial charge in [0.25, 0.3) is 0 Å². The number of methoxy groups -OCH3 is 2. The molecule has 0 rings (SSSR count). The first-order valence-corrected chi connectivity index (χ1v) is 9.21. The zero-order valence-corrected chi connectivity index (χ0v) is 21.1. The molecule has 0 radical (unpaired) electrons. The molecule has 0 unspecified atom stereocenters. The minimum Gasteiger partial charge on any atom is -0.481 e. The van der Waals surface area contributed by atoms with Crippen LogP contribution in [0.3, 0.4) is 0 Å². The Morgan fingerprint density at radius 3 is 1.16 bits per heavy atom. The zero-order valence-electron chi connectivity index (χ0n) is 18.2. The Labute approximate surface area is 194 Å². The van der Waals surface area contributed by atoms with Crippen LogP contribution in [0, 0.1) is 0 Å². The van der Waals surface area contributed by atoms with Crippen LogP contribution in [0.5, 0.6) is 0 Å². The molecule has 0 aromatic carbocycles. The quantitative estimate of drug-likeness (QED) is 0.147. The monoisotopic (exact) mass is 504 g/mol. The molecule has 13 heteroatoms. The first kappa shape index (κ1) is 34.0. The molecular formula is C18H32O12Zn. The van der Waals surface area contributed by atoms with Crippen LogP contribution in [0.4, 0.5) is 0 Å². The van der Waals surface area contributed by atoms with E-state index in [0.29, 0.717) is 39.6 Å². The van der Waals surface area contributed by atoms with Crippen LogP contribution in [-0.2, 0) is 67.1 Å². The maximum absolute atomic E-state index is 10.9. The molecule has 0 saturated carbocycles. The number of esters is 2. The first-order chi connectivity index (χ1) is 14.3. The number of rotatable bonds is 18. The largest absolute Gasteiger partial charge is 0.481 e. The van der Waals surface area contributed by atoms with Crippen LogP contribution < -0.4 is 0 Å². The predicted molar refractivity (Wildman–Crippen MR) is 101 cm³/mol. The number of hydrogen-bond donors (Lipinski definition) is 2. The third-order valence-electron chi connectivity index (χ3n) is 2.93. The van der Waals surface area contributed by atoms with Crippen molar-refractivity contribution >= 4 is 23.9 Å². The van der Waals surface area contributed by atoms with Gasteiger partial charge in [-0.2, -0.15) is 0 Å². The van der Waals surface area contributed by atoms with Gasteiger partial charge in [0.1, 0.15) is 13.2 Å². The van der Waals surface area contributed by atoms with E-state index in [1.165, 1.54) is 0 Å². The first-order valence-electron chi connectivity index (χ1n) is 9.21. The summed E-state index contributed by atoms with van der Waals surface area (Å²) in [6, 6.07) is 0. The van der Waals surface area contributed by atoms with Crippen LogP contribution >= 0.6 is 0 Å². The van der Waals surface area contributed by atoms with Crippen molar-refractivity contribution in [3.8, 4) is 0 Å². The van der Waals surface area contributed by atoms with Crippen molar-refractivity contribution in [2.75, 3.05) is 67.1 Å². The number of carboxylic acids is 2. The van der Waals surface area contributed by atoms with Gasteiger partial charge in [-0.15, -0.1) is 0 Å². The standard InChI is InChI=1S/2C9H16O6.Zn/c2*1-13-4-5-14-6-7-15-9(12)3-2-8(10)11;/h2*2-7H2,1H3,(H,10,11);. The second-order valence-corrected chi connectivity index (χ2v) is 5.44. The van der Waals surface area contributed by atoms with E-state index in [9.17, 15) is 19.2 Å². The van der Waals surface area contributed by atoms with Crippen LogP contribution in [0.1, 0.15) is 25.7 Å². The third-order valence-corrected chi connectivity index (χ3v) is 2.93. The van der Waals surface area contributed by atoms with Gasteiger partial charge in [-0.1, -0.05) is 0 Å². The van der Waals surface area contributed by atoms with Crippen molar-refractivity contribution in [2.45, 2.75) is 25.7 Å². The maximum atomic E-state index is 10.9. The summed E-state index contributed by atoms with van der Waals surface area (Å²) in [5.74, 6) is -3.06. The molecule has 31 heavy (non-hydrogen) atoms. The van der Waals surface area contributed by atoms with Crippen molar-refractivity contribution in [1.29, 1.82) is 0 Å². The van der Waals surface area contributed by atoms with E-state index >= 15 is 0 Å². The number of ether oxygens (including phenoxy) is 6. The summed E-state index contributed by atoms with van der Waals surface area (Å²) < 4.78 is 28.9. The molecule has 0 amide bonds. The molecule has 0 aliphatic rings. The van der Waals surface area contributed by atoms with Crippen molar-refractivity contribution in [3.05, 3.63) is 0 Å². The van der Waals surface area contributed by atoms with Gasteiger partial charge in [0.15, 0.2) is 0 Å². The van der Waals surface area contributed by atoms with E-state index in [4.69, 9.17) is 38.6 Å². The van der Waals surface area contributed by atoms with Gasteiger partial charge in [0.2, 0.25) is 0 Å².